The zero-order valence-corrected chi connectivity index (χ0v) is 30.8. The summed E-state index contributed by atoms with van der Waals surface area (Å²) in [6, 6.07) is 49.0. The molecule has 7 heteroatoms. The van der Waals surface area contributed by atoms with Crippen molar-refractivity contribution in [2.75, 3.05) is 0 Å². The van der Waals surface area contributed by atoms with Gasteiger partial charge in [0.15, 0.2) is 0 Å². The van der Waals surface area contributed by atoms with Gasteiger partial charge in [-0.1, -0.05) is 121 Å². The van der Waals surface area contributed by atoms with E-state index in [4.69, 9.17) is 0 Å². The summed E-state index contributed by atoms with van der Waals surface area (Å²) in [6.07, 6.45) is 0. The number of fused-ring (bicyclic) bond motifs is 2. The number of hydrogen-bond acceptors (Lipinski definition) is 6. The standard InChI is InChI=1S/C42H30O2S5/c1-27-23-33-39(37(29-15-7-3-8-16-29)41(47-33)45-31-19-11-5-12-20-31)35(25-27)49(43,44)36-26-28(2)24-34-40(36)38(30-17-9-4-10-18-30)42(48-34)46-32-21-13-6-14-22-32/h3-26H,1-2H3. The molecule has 49 heavy (non-hydrogen) atoms. The Morgan fingerprint density at radius 1 is 0.469 bits per heavy atom. The normalized spacial score (nSPS) is 11.8. The van der Waals surface area contributed by atoms with Crippen molar-refractivity contribution in [3.05, 3.63) is 157 Å². The summed E-state index contributed by atoms with van der Waals surface area (Å²) < 4.78 is 35.0. The summed E-state index contributed by atoms with van der Waals surface area (Å²) in [5, 5.41) is 1.57. The Morgan fingerprint density at radius 2 is 0.816 bits per heavy atom. The molecule has 0 aliphatic carbocycles. The third-order valence-electron chi connectivity index (χ3n) is 8.35. The van der Waals surface area contributed by atoms with Crippen LogP contribution in [0.2, 0.25) is 0 Å². The Balaban J connectivity index is 1.42. The van der Waals surface area contributed by atoms with Crippen LogP contribution in [0.3, 0.4) is 0 Å². The maximum absolute atomic E-state index is 15.5. The van der Waals surface area contributed by atoms with Gasteiger partial charge in [0, 0.05) is 41.1 Å². The molecule has 0 aliphatic rings. The molecule has 0 bridgehead atoms. The third kappa shape index (κ3) is 6.15. The van der Waals surface area contributed by atoms with E-state index >= 15 is 8.42 Å². The molecule has 8 aromatic rings. The highest BCUT2D eigenvalue weighted by Gasteiger charge is 2.31. The van der Waals surface area contributed by atoms with E-state index in [0.29, 0.717) is 9.79 Å². The van der Waals surface area contributed by atoms with E-state index in [1.807, 2.05) is 98.8 Å². The molecule has 240 valence electrons. The van der Waals surface area contributed by atoms with Crippen LogP contribution >= 0.6 is 46.2 Å². The van der Waals surface area contributed by atoms with Gasteiger partial charge < -0.3 is 0 Å². The van der Waals surface area contributed by atoms with E-state index in [-0.39, 0.29) is 0 Å². The molecule has 0 aliphatic heterocycles. The fourth-order valence-corrected chi connectivity index (χ4v) is 13.5. The molecular weight excluding hydrogens is 697 g/mol. The molecule has 2 heterocycles. The van der Waals surface area contributed by atoms with Crippen LogP contribution in [-0.2, 0) is 9.84 Å². The van der Waals surface area contributed by atoms with Crippen LogP contribution in [0.15, 0.2) is 174 Å². The average molecular weight is 727 g/mol. The van der Waals surface area contributed by atoms with Crippen molar-refractivity contribution in [3.8, 4) is 22.3 Å². The monoisotopic (exact) mass is 726 g/mol. The summed E-state index contributed by atoms with van der Waals surface area (Å²) in [6.45, 7) is 3.98. The average Bonchev–Trinajstić information content (AvgIpc) is 3.66. The Labute approximate surface area is 303 Å². The van der Waals surface area contributed by atoms with Crippen LogP contribution in [0.4, 0.5) is 0 Å². The molecule has 0 fully saturated rings. The molecule has 0 spiro atoms. The van der Waals surface area contributed by atoms with Gasteiger partial charge in [-0.3, -0.25) is 0 Å². The van der Waals surface area contributed by atoms with E-state index < -0.39 is 9.84 Å². The topological polar surface area (TPSA) is 34.1 Å². The van der Waals surface area contributed by atoms with Crippen molar-refractivity contribution < 1.29 is 8.42 Å². The van der Waals surface area contributed by atoms with Gasteiger partial charge in [0.05, 0.1) is 18.2 Å². The summed E-state index contributed by atoms with van der Waals surface area (Å²) in [5.41, 5.74) is 5.77. The van der Waals surface area contributed by atoms with Gasteiger partial charge in [0.1, 0.15) is 0 Å². The van der Waals surface area contributed by atoms with Crippen LogP contribution in [0.5, 0.6) is 0 Å². The van der Waals surface area contributed by atoms with Gasteiger partial charge in [-0.2, -0.15) is 0 Å². The predicted molar refractivity (Wildman–Crippen MR) is 211 cm³/mol. The molecule has 2 nitrogen and oxygen atoms in total. The van der Waals surface area contributed by atoms with Crippen LogP contribution in [0, 0.1) is 13.8 Å². The van der Waals surface area contributed by atoms with Crippen molar-refractivity contribution in [1.82, 2.24) is 0 Å². The number of aryl methyl sites for hydroxylation is 2. The summed E-state index contributed by atoms with van der Waals surface area (Å²) in [5.74, 6) is 0. The van der Waals surface area contributed by atoms with Crippen LogP contribution < -0.4 is 0 Å². The SMILES string of the molecule is Cc1cc(S(=O)(=O)c2cc(C)cc3sc(Sc4ccccc4)c(-c4ccccc4)c23)c2c(-c3ccccc3)c(Sc3ccccc3)sc2c1. The van der Waals surface area contributed by atoms with Gasteiger partial charge in [-0.25, -0.2) is 8.42 Å². The molecule has 0 amide bonds. The lowest BCUT2D eigenvalue weighted by molar-refractivity contribution is 0.597. The second-order valence-electron chi connectivity index (χ2n) is 11.9. The van der Waals surface area contributed by atoms with Gasteiger partial charge in [0.25, 0.3) is 0 Å². The lowest BCUT2D eigenvalue weighted by atomic mass is 10.0. The van der Waals surface area contributed by atoms with Crippen molar-refractivity contribution in [2.45, 2.75) is 41.8 Å². The largest absolute Gasteiger partial charge is 0.218 e. The second-order valence-corrected chi connectivity index (χ2v) is 18.5. The molecule has 0 saturated carbocycles. The van der Waals surface area contributed by atoms with E-state index in [9.17, 15) is 0 Å². The minimum absolute atomic E-state index is 0.354. The number of benzene rings is 6. The summed E-state index contributed by atoms with van der Waals surface area (Å²) in [4.78, 5) is 2.93. The minimum atomic E-state index is -4.02. The van der Waals surface area contributed by atoms with Crippen LogP contribution in [-0.4, -0.2) is 8.42 Å². The van der Waals surface area contributed by atoms with Crippen molar-refractivity contribution >= 4 is 76.2 Å². The molecular formula is C42H30O2S5. The molecule has 8 rings (SSSR count). The number of hydrogen-bond donors (Lipinski definition) is 0. The Morgan fingerprint density at radius 3 is 1.18 bits per heavy atom. The molecule has 0 N–H and O–H groups in total. The van der Waals surface area contributed by atoms with Crippen molar-refractivity contribution in [2.24, 2.45) is 0 Å². The van der Waals surface area contributed by atoms with Gasteiger partial charge in [0.2, 0.25) is 9.84 Å². The van der Waals surface area contributed by atoms with E-state index in [0.717, 1.165) is 71.8 Å². The van der Waals surface area contributed by atoms with E-state index in [1.165, 1.54) is 0 Å². The fourth-order valence-electron chi connectivity index (χ4n) is 6.21. The molecule has 2 aromatic heterocycles. The first-order valence-corrected chi connectivity index (χ1v) is 20.6. The third-order valence-corrected chi connectivity index (χ3v) is 14.8. The quantitative estimate of drug-likeness (QED) is 0.156. The highest BCUT2D eigenvalue weighted by atomic mass is 32.2. The van der Waals surface area contributed by atoms with Crippen molar-refractivity contribution in [3.63, 3.8) is 0 Å². The Bertz CT molecular complexity index is 2380. The zero-order chi connectivity index (χ0) is 33.5. The molecule has 0 radical (unpaired) electrons. The van der Waals surface area contributed by atoms with Crippen molar-refractivity contribution in [1.29, 1.82) is 0 Å². The van der Waals surface area contributed by atoms with Crippen LogP contribution in [0.1, 0.15) is 11.1 Å². The smallest absolute Gasteiger partial charge is 0.207 e. The van der Waals surface area contributed by atoms with Gasteiger partial charge >= 0.3 is 0 Å². The first kappa shape index (κ1) is 32.1. The lowest BCUT2D eigenvalue weighted by Crippen LogP contribution is -2.05. The highest BCUT2D eigenvalue weighted by Crippen LogP contribution is 2.52. The molecule has 0 saturated heterocycles. The maximum atomic E-state index is 15.5. The van der Waals surface area contributed by atoms with E-state index in [2.05, 4.69) is 60.7 Å². The number of rotatable bonds is 8. The molecule has 0 unspecified atom stereocenters. The highest BCUT2D eigenvalue weighted by molar-refractivity contribution is 8.01. The Hall–Kier alpha value is -4.11. The summed E-state index contributed by atoms with van der Waals surface area (Å²) >= 11 is 6.70. The number of thiophene rings is 2. The first-order valence-electron chi connectivity index (χ1n) is 15.8. The predicted octanol–water partition coefficient (Wildman–Crippen LogP) is 13.2. The van der Waals surface area contributed by atoms with Gasteiger partial charge in [-0.15, -0.1) is 22.7 Å². The van der Waals surface area contributed by atoms with Crippen LogP contribution in [0.25, 0.3) is 42.4 Å². The minimum Gasteiger partial charge on any atom is -0.218 e. The molecule has 6 aromatic carbocycles. The second kappa shape index (κ2) is 13.3. The summed E-state index contributed by atoms with van der Waals surface area (Å²) in [7, 11) is -4.02. The zero-order valence-electron chi connectivity index (χ0n) is 26.7. The molecule has 0 atom stereocenters. The first-order chi connectivity index (χ1) is 23.9. The fraction of sp³-hybridized carbons (Fsp3) is 0.0476. The number of sulfone groups is 1. The van der Waals surface area contributed by atoms with Gasteiger partial charge in [-0.05, 0) is 84.6 Å². The Kier molecular flexibility index (Phi) is 8.72. The van der Waals surface area contributed by atoms with E-state index in [1.54, 1.807) is 46.2 Å². The lowest BCUT2D eigenvalue weighted by Gasteiger charge is -2.14. The maximum Gasteiger partial charge on any atom is 0.207 e.